The maximum Gasteiger partial charge on any atom is 0.356 e. The van der Waals surface area contributed by atoms with Crippen LogP contribution in [0.25, 0.3) is 0 Å². The summed E-state index contributed by atoms with van der Waals surface area (Å²) >= 11 is 0. The van der Waals surface area contributed by atoms with Crippen LogP contribution in [-0.2, 0) is 0 Å². The molecule has 0 aliphatic heterocycles. The van der Waals surface area contributed by atoms with Gasteiger partial charge in [-0.1, -0.05) is 22.9 Å². The van der Waals surface area contributed by atoms with E-state index in [1.54, 1.807) is 6.08 Å². The number of tetrazole rings is 1. The zero-order chi connectivity index (χ0) is 6.53. The second-order valence-corrected chi connectivity index (χ2v) is 1.29. The Bertz CT molecular complexity index is 171. The van der Waals surface area contributed by atoms with Crippen LogP contribution < -0.4 is 4.74 Å². The summed E-state index contributed by atoms with van der Waals surface area (Å²) in [5.74, 6) is 0. The molecule has 0 aromatic carbocycles. The predicted octanol–water partition coefficient (Wildman–Crippen LogP) is -0.236. The van der Waals surface area contributed by atoms with Crippen LogP contribution in [0.15, 0.2) is 12.7 Å². The average Bonchev–Trinajstić information content (AvgIpc) is 2.34. The number of nitrogens with zero attached hydrogens (tertiary/aromatic N) is 3. The molecule has 0 unspecified atom stereocenters. The largest absolute Gasteiger partial charge is 0.457 e. The Hall–Kier alpha value is -1.39. The highest BCUT2D eigenvalue weighted by Crippen LogP contribution is 1.91. The number of aromatic nitrogens is 4. The number of nitrogens with one attached hydrogen (secondary N) is 1. The number of aromatic amines is 1. The lowest BCUT2D eigenvalue weighted by atomic mass is 10.7. The number of hydrogen-bond acceptors (Lipinski definition) is 4. The van der Waals surface area contributed by atoms with Crippen LogP contribution in [-0.4, -0.2) is 27.2 Å². The molecule has 0 fully saturated rings. The summed E-state index contributed by atoms with van der Waals surface area (Å²) < 4.78 is 4.86. The molecule has 1 aromatic rings. The summed E-state index contributed by atoms with van der Waals surface area (Å²) in [7, 11) is 0. The molecule has 0 aliphatic carbocycles. The van der Waals surface area contributed by atoms with Crippen molar-refractivity contribution < 1.29 is 4.74 Å². The summed E-state index contributed by atoms with van der Waals surface area (Å²) in [6.45, 7) is 3.85. The van der Waals surface area contributed by atoms with Gasteiger partial charge in [0, 0.05) is 0 Å². The van der Waals surface area contributed by atoms with Gasteiger partial charge in [0.05, 0.1) is 0 Å². The summed E-state index contributed by atoms with van der Waals surface area (Å²) in [6, 6.07) is 0.245. The van der Waals surface area contributed by atoms with Crippen molar-refractivity contribution in [2.24, 2.45) is 0 Å². The fourth-order valence-corrected chi connectivity index (χ4v) is 0.347. The quantitative estimate of drug-likeness (QED) is 0.568. The maximum atomic E-state index is 4.86. The molecule has 0 aliphatic rings. The van der Waals surface area contributed by atoms with Gasteiger partial charge in [0.25, 0.3) is 0 Å². The van der Waals surface area contributed by atoms with Crippen LogP contribution in [0.4, 0.5) is 0 Å². The van der Waals surface area contributed by atoms with Gasteiger partial charge in [-0.15, -0.1) is 0 Å². The molecule has 0 bridgehead atoms. The molecule has 1 N–H and O–H groups in total. The van der Waals surface area contributed by atoms with Crippen LogP contribution in [0.2, 0.25) is 0 Å². The first kappa shape index (κ1) is 5.74. The van der Waals surface area contributed by atoms with Gasteiger partial charge in [0.1, 0.15) is 6.61 Å². The normalized spacial score (nSPS) is 8.89. The molecule has 1 aromatic heterocycles. The number of ether oxygens (including phenoxy) is 1. The Morgan fingerprint density at radius 2 is 2.67 bits per heavy atom. The number of H-pyrrole nitrogens is 1. The second-order valence-electron chi connectivity index (χ2n) is 1.29. The second kappa shape index (κ2) is 2.81. The first-order valence-corrected chi connectivity index (χ1v) is 2.40. The lowest BCUT2D eigenvalue weighted by Crippen LogP contribution is -1.93. The Morgan fingerprint density at radius 3 is 3.22 bits per heavy atom. The highest BCUT2D eigenvalue weighted by Gasteiger charge is 1.92. The van der Waals surface area contributed by atoms with Gasteiger partial charge < -0.3 is 4.74 Å². The van der Waals surface area contributed by atoms with Gasteiger partial charge in [-0.2, -0.15) is 5.21 Å². The highest BCUT2D eigenvalue weighted by atomic mass is 16.5. The lowest BCUT2D eigenvalue weighted by molar-refractivity contribution is 0.333. The minimum Gasteiger partial charge on any atom is -0.457 e. The first-order valence-electron chi connectivity index (χ1n) is 2.40. The summed E-state index contributed by atoms with van der Waals surface area (Å²) in [5.41, 5.74) is 0. The van der Waals surface area contributed by atoms with E-state index in [1.807, 2.05) is 0 Å². The van der Waals surface area contributed by atoms with E-state index in [1.165, 1.54) is 0 Å². The van der Waals surface area contributed by atoms with Crippen molar-refractivity contribution in [3.63, 3.8) is 0 Å². The van der Waals surface area contributed by atoms with Gasteiger partial charge in [-0.05, 0) is 5.21 Å². The van der Waals surface area contributed by atoms with Crippen molar-refractivity contribution in [3.05, 3.63) is 12.7 Å². The molecule has 48 valence electrons. The molecule has 1 heterocycles. The van der Waals surface area contributed by atoms with Crippen molar-refractivity contribution in [1.82, 2.24) is 20.6 Å². The van der Waals surface area contributed by atoms with E-state index in [-0.39, 0.29) is 6.01 Å². The summed E-state index contributed by atoms with van der Waals surface area (Å²) in [4.78, 5) is 0. The molecule has 9 heavy (non-hydrogen) atoms. The first-order chi connectivity index (χ1) is 4.43. The third-order valence-electron chi connectivity index (χ3n) is 0.656. The molecule has 0 amide bonds. The van der Waals surface area contributed by atoms with Crippen molar-refractivity contribution in [1.29, 1.82) is 0 Å². The van der Waals surface area contributed by atoms with Crippen LogP contribution in [0.1, 0.15) is 0 Å². The molecule has 5 nitrogen and oxygen atoms in total. The van der Waals surface area contributed by atoms with E-state index in [4.69, 9.17) is 4.74 Å². The minimum absolute atomic E-state index is 0.245. The van der Waals surface area contributed by atoms with Gasteiger partial charge in [-0.3, -0.25) is 0 Å². The Labute approximate surface area is 51.7 Å². The fourth-order valence-electron chi connectivity index (χ4n) is 0.347. The standard InChI is InChI=1S/C4H6N4O/c1-2-3-9-4-5-7-8-6-4/h2H,1,3H2,(H,5,6,7,8). The monoisotopic (exact) mass is 126 g/mol. The highest BCUT2D eigenvalue weighted by molar-refractivity contribution is 4.83. The molecule has 1 rings (SSSR count). The molecule has 0 spiro atoms. The van der Waals surface area contributed by atoms with Gasteiger partial charge >= 0.3 is 6.01 Å². The smallest absolute Gasteiger partial charge is 0.356 e. The third-order valence-corrected chi connectivity index (χ3v) is 0.656. The van der Waals surface area contributed by atoms with Crippen molar-refractivity contribution in [3.8, 4) is 6.01 Å². The maximum absolute atomic E-state index is 4.86. The van der Waals surface area contributed by atoms with Crippen LogP contribution in [0, 0.1) is 0 Å². The van der Waals surface area contributed by atoms with E-state index in [2.05, 4.69) is 27.2 Å². The van der Waals surface area contributed by atoms with E-state index in [9.17, 15) is 0 Å². The third kappa shape index (κ3) is 1.52. The van der Waals surface area contributed by atoms with Crippen molar-refractivity contribution >= 4 is 0 Å². The Morgan fingerprint density at radius 1 is 1.78 bits per heavy atom. The molecule has 0 saturated heterocycles. The van der Waals surface area contributed by atoms with E-state index >= 15 is 0 Å². The average molecular weight is 126 g/mol. The SMILES string of the molecule is C=CCOc1nn[nH]n1. The Balaban J connectivity index is 2.38. The van der Waals surface area contributed by atoms with Gasteiger partial charge in [-0.25, -0.2) is 0 Å². The molecular formula is C4H6N4O. The summed E-state index contributed by atoms with van der Waals surface area (Å²) in [6.07, 6.45) is 1.61. The zero-order valence-electron chi connectivity index (χ0n) is 4.74. The molecular weight excluding hydrogens is 120 g/mol. The topological polar surface area (TPSA) is 63.7 Å². The predicted molar refractivity (Wildman–Crippen MR) is 29.9 cm³/mol. The fraction of sp³-hybridized carbons (Fsp3) is 0.250. The van der Waals surface area contributed by atoms with Crippen molar-refractivity contribution in [2.45, 2.75) is 0 Å². The van der Waals surface area contributed by atoms with Crippen LogP contribution in [0.3, 0.4) is 0 Å². The van der Waals surface area contributed by atoms with Crippen LogP contribution >= 0.6 is 0 Å². The van der Waals surface area contributed by atoms with E-state index < -0.39 is 0 Å². The Kier molecular flexibility index (Phi) is 1.79. The molecule has 5 heteroatoms. The van der Waals surface area contributed by atoms with Crippen LogP contribution in [0.5, 0.6) is 6.01 Å². The lowest BCUT2D eigenvalue weighted by Gasteiger charge is -1.90. The number of rotatable bonds is 3. The van der Waals surface area contributed by atoms with Gasteiger partial charge in [0.2, 0.25) is 0 Å². The summed E-state index contributed by atoms with van der Waals surface area (Å²) in [5, 5.41) is 12.6. The van der Waals surface area contributed by atoms with Crippen molar-refractivity contribution in [2.75, 3.05) is 6.61 Å². The number of hydrogen-bond donors (Lipinski definition) is 1. The zero-order valence-corrected chi connectivity index (χ0v) is 4.74. The van der Waals surface area contributed by atoms with E-state index in [0.29, 0.717) is 6.61 Å². The van der Waals surface area contributed by atoms with E-state index in [0.717, 1.165) is 0 Å². The van der Waals surface area contributed by atoms with Gasteiger partial charge in [0.15, 0.2) is 0 Å². The molecule has 0 saturated carbocycles. The minimum atomic E-state index is 0.245. The molecule has 0 atom stereocenters. The molecule has 0 radical (unpaired) electrons.